The Hall–Kier alpha value is -9.33. The van der Waals surface area contributed by atoms with E-state index < -0.39 is 16.1 Å². The van der Waals surface area contributed by atoms with Crippen LogP contribution in [0.5, 0.6) is 0 Å². The quantitative estimate of drug-likeness (QED) is 0.101. The number of hydrogen-bond donors (Lipinski definition) is 0. The van der Waals surface area contributed by atoms with E-state index in [1.165, 1.54) is 107 Å². The monoisotopic (exact) mass is 998 g/mol. The van der Waals surface area contributed by atoms with Gasteiger partial charge in [-0.25, -0.2) is 0 Å². The Morgan fingerprint density at radius 3 is 1.30 bits per heavy atom. The van der Waals surface area contributed by atoms with Crippen molar-refractivity contribution in [3.63, 3.8) is 0 Å². The number of hydrogen-bond acceptors (Lipinski definition) is 0. The maximum Gasteiger partial charge on any atom is 0.180 e. The van der Waals surface area contributed by atoms with Gasteiger partial charge in [-0.3, -0.25) is 0 Å². The predicted octanol–water partition coefficient (Wildman–Crippen LogP) is 12.3. The van der Waals surface area contributed by atoms with Gasteiger partial charge in [-0.15, -0.1) is 0 Å². The van der Waals surface area contributed by atoms with Gasteiger partial charge in [0.2, 0.25) is 0 Å². The highest BCUT2D eigenvalue weighted by Gasteiger charge is 2.49. The minimum absolute atomic E-state index is 1.13. The predicted molar refractivity (Wildman–Crippen MR) is 327 cm³/mol. The highest BCUT2D eigenvalue weighted by atomic mass is 28.3. The molecule has 15 rings (SSSR count). The third kappa shape index (κ3) is 6.38. The molecule has 0 unspecified atom stereocenters. The molecule has 0 N–H and O–H groups in total. The molecule has 356 valence electrons. The SMILES string of the molecule is c1ccc([Si](c2ccccc2)(c2ccccc2)c2ccc(-n3c4ccccc4c4cccc(-n5c6ccccc6c6cccc(-c7ccc8c(c7)[Si](c7ccccc7)(c7ccccc7)c7ccccc7-8)c65)c43)cc2)cc1. The molecule has 14 aromatic rings. The van der Waals surface area contributed by atoms with Crippen molar-refractivity contribution >= 4 is 101 Å². The lowest BCUT2D eigenvalue weighted by atomic mass is 9.98. The van der Waals surface area contributed by atoms with Gasteiger partial charge in [0.05, 0.1) is 27.8 Å². The molecule has 0 radical (unpaired) electrons. The highest BCUT2D eigenvalue weighted by molar-refractivity contribution is 7.22. The molecule has 2 nitrogen and oxygen atoms in total. The first-order valence-electron chi connectivity index (χ1n) is 26.4. The Balaban J connectivity index is 0.979. The van der Waals surface area contributed by atoms with Crippen LogP contribution in [-0.4, -0.2) is 25.3 Å². The molecule has 0 atom stereocenters. The van der Waals surface area contributed by atoms with Gasteiger partial charge in [0.15, 0.2) is 16.1 Å². The van der Waals surface area contributed by atoms with Crippen molar-refractivity contribution in [1.82, 2.24) is 9.13 Å². The van der Waals surface area contributed by atoms with Gasteiger partial charge in [0.1, 0.15) is 0 Å². The molecule has 2 aromatic heterocycles. The number of para-hydroxylation sites is 4. The van der Waals surface area contributed by atoms with E-state index in [9.17, 15) is 0 Å². The van der Waals surface area contributed by atoms with E-state index in [1.807, 2.05) is 0 Å². The van der Waals surface area contributed by atoms with Crippen LogP contribution in [0.1, 0.15) is 0 Å². The normalized spacial score (nSPS) is 12.8. The maximum absolute atomic E-state index is 2.75. The number of benzene rings is 12. The second-order valence-corrected chi connectivity index (χ2v) is 27.8. The van der Waals surface area contributed by atoms with Crippen molar-refractivity contribution in [2.24, 2.45) is 0 Å². The molecule has 0 bridgehead atoms. The second kappa shape index (κ2) is 17.7. The third-order valence-electron chi connectivity index (χ3n) is 16.6. The van der Waals surface area contributed by atoms with Crippen LogP contribution in [0.25, 0.3) is 77.2 Å². The van der Waals surface area contributed by atoms with Crippen LogP contribution in [0.2, 0.25) is 0 Å². The zero-order valence-electron chi connectivity index (χ0n) is 41.8. The first-order valence-corrected chi connectivity index (χ1v) is 30.4. The molecular formula is C72H50N2Si2. The van der Waals surface area contributed by atoms with Gasteiger partial charge in [-0.2, -0.15) is 0 Å². The molecule has 1 aliphatic heterocycles. The average Bonchev–Trinajstić information content (AvgIpc) is 4.24. The lowest BCUT2D eigenvalue weighted by Crippen LogP contribution is -2.74. The fraction of sp³-hybridized carbons (Fsp3) is 0. The van der Waals surface area contributed by atoms with Crippen molar-refractivity contribution < 1.29 is 0 Å². The Morgan fingerprint density at radius 2 is 0.711 bits per heavy atom. The summed E-state index contributed by atoms with van der Waals surface area (Å²) in [5.41, 5.74) is 12.1. The van der Waals surface area contributed by atoms with E-state index in [4.69, 9.17) is 0 Å². The topological polar surface area (TPSA) is 9.86 Å². The molecule has 0 saturated heterocycles. The van der Waals surface area contributed by atoms with Crippen LogP contribution in [0, 0.1) is 0 Å². The van der Waals surface area contributed by atoms with E-state index >= 15 is 0 Å². The van der Waals surface area contributed by atoms with Gasteiger partial charge in [-0.1, -0.05) is 273 Å². The minimum atomic E-state index is -2.75. The van der Waals surface area contributed by atoms with Crippen LogP contribution in [-0.2, 0) is 0 Å². The van der Waals surface area contributed by atoms with E-state index in [1.54, 1.807) is 0 Å². The molecule has 0 amide bonds. The molecule has 12 aromatic carbocycles. The van der Waals surface area contributed by atoms with Crippen LogP contribution in [0.15, 0.2) is 303 Å². The van der Waals surface area contributed by atoms with Crippen LogP contribution >= 0.6 is 0 Å². The lowest BCUT2D eigenvalue weighted by molar-refractivity contribution is 1.13. The molecule has 76 heavy (non-hydrogen) atoms. The minimum Gasteiger partial charge on any atom is -0.307 e. The summed E-state index contributed by atoms with van der Waals surface area (Å²) >= 11 is 0. The molecule has 1 aliphatic rings. The first kappa shape index (κ1) is 44.2. The summed E-state index contributed by atoms with van der Waals surface area (Å²) < 4.78 is 5.10. The Kier molecular flexibility index (Phi) is 10.3. The van der Waals surface area contributed by atoms with Crippen molar-refractivity contribution in [2.45, 2.75) is 0 Å². The molecule has 0 aliphatic carbocycles. The van der Waals surface area contributed by atoms with E-state index in [-0.39, 0.29) is 0 Å². The van der Waals surface area contributed by atoms with Crippen molar-refractivity contribution in [1.29, 1.82) is 0 Å². The number of rotatable bonds is 9. The summed E-state index contributed by atoms with van der Waals surface area (Å²) in [4.78, 5) is 0. The van der Waals surface area contributed by atoms with Gasteiger partial charge in [0.25, 0.3) is 0 Å². The zero-order chi connectivity index (χ0) is 50.2. The summed E-state index contributed by atoms with van der Waals surface area (Å²) in [6, 6.07) is 114. The largest absolute Gasteiger partial charge is 0.307 e. The standard InChI is InChI=1S/C72H50N2Si2/c1-6-24-53(25-7-1)75(54-26-8-2-9-27-54,55-28-10-3-11-29-55)58-47-45-52(46-48-58)73-66-40-19-16-35-61(66)65-39-23-42-68(72(65)73)74-67-41-20-17-34-60(67)64-38-22-37-59(71(64)74)51-44-49-63-62-36-18-21-43-69(62)76(70(63)50-51,56-30-12-4-13-31-56)57-32-14-5-15-33-57/h1-50H. The smallest absolute Gasteiger partial charge is 0.180 e. The first-order chi connectivity index (χ1) is 37.7. The van der Waals surface area contributed by atoms with Crippen molar-refractivity contribution in [2.75, 3.05) is 0 Å². The summed E-state index contributed by atoms with van der Waals surface area (Å²) in [5.74, 6) is 0. The van der Waals surface area contributed by atoms with Gasteiger partial charge in [-0.05, 0) is 88.5 Å². The fourth-order valence-corrected chi connectivity index (χ4v) is 23.4. The summed E-state index contributed by atoms with van der Waals surface area (Å²) in [6.45, 7) is 0. The van der Waals surface area contributed by atoms with Crippen LogP contribution < -0.4 is 41.5 Å². The lowest BCUT2D eigenvalue weighted by Gasteiger charge is -2.34. The Morgan fingerprint density at radius 1 is 0.276 bits per heavy atom. The molecule has 0 spiro atoms. The number of nitrogens with zero attached hydrogens (tertiary/aromatic N) is 2. The van der Waals surface area contributed by atoms with Gasteiger partial charge in [0, 0.05) is 32.8 Å². The van der Waals surface area contributed by atoms with Crippen molar-refractivity contribution in [3.8, 4) is 33.6 Å². The molecule has 0 saturated carbocycles. The van der Waals surface area contributed by atoms with E-state index in [2.05, 4.69) is 312 Å². The summed E-state index contributed by atoms with van der Waals surface area (Å²) in [6.07, 6.45) is 0. The number of aromatic nitrogens is 2. The molecular weight excluding hydrogens is 949 g/mol. The van der Waals surface area contributed by atoms with E-state index in [0.29, 0.717) is 0 Å². The third-order valence-corrected chi connectivity index (χ3v) is 26.2. The molecule has 0 fully saturated rings. The Bertz CT molecular complexity index is 4350. The molecule has 4 heteroatoms. The molecule has 3 heterocycles. The number of fused-ring (bicyclic) bond motifs is 9. The van der Waals surface area contributed by atoms with Crippen LogP contribution in [0.4, 0.5) is 0 Å². The van der Waals surface area contributed by atoms with Gasteiger partial charge >= 0.3 is 0 Å². The van der Waals surface area contributed by atoms with E-state index in [0.717, 1.165) is 11.4 Å². The van der Waals surface area contributed by atoms with Crippen LogP contribution in [0.3, 0.4) is 0 Å². The summed E-state index contributed by atoms with van der Waals surface area (Å²) in [5, 5.41) is 16.0. The fourth-order valence-electron chi connectivity index (χ4n) is 13.5. The Labute approximate surface area is 444 Å². The second-order valence-electron chi connectivity index (χ2n) is 20.3. The maximum atomic E-state index is 2.57. The van der Waals surface area contributed by atoms with Gasteiger partial charge < -0.3 is 9.13 Å². The zero-order valence-corrected chi connectivity index (χ0v) is 43.8. The highest BCUT2D eigenvalue weighted by Crippen LogP contribution is 2.43. The van der Waals surface area contributed by atoms with Crippen molar-refractivity contribution in [3.05, 3.63) is 303 Å². The summed E-state index contributed by atoms with van der Waals surface area (Å²) in [7, 11) is -5.50. The average molecular weight is 999 g/mol.